The summed E-state index contributed by atoms with van der Waals surface area (Å²) in [6.45, 7) is 2.11. The van der Waals surface area contributed by atoms with Gasteiger partial charge < -0.3 is 0 Å². The molecule has 0 fully saturated rings. The van der Waals surface area contributed by atoms with Gasteiger partial charge in [-0.3, -0.25) is 0 Å². The van der Waals surface area contributed by atoms with Crippen LogP contribution < -0.4 is 0 Å². The van der Waals surface area contributed by atoms with Crippen LogP contribution in [0, 0.1) is 5.92 Å². The van der Waals surface area contributed by atoms with Crippen molar-refractivity contribution in [3.63, 3.8) is 0 Å². The number of hydrogen-bond acceptors (Lipinski definition) is 0. The quantitative estimate of drug-likeness (QED) is 0.665. The van der Waals surface area contributed by atoms with Crippen LogP contribution in [0.2, 0.25) is 0 Å². The first kappa shape index (κ1) is 12.1. The first-order valence-corrected chi connectivity index (χ1v) is 4.82. The topological polar surface area (TPSA) is 0 Å². The van der Waals surface area contributed by atoms with Crippen LogP contribution in [-0.4, -0.2) is 0 Å². The number of allylic oxidation sites excluding steroid dienone is 6. The maximum Gasteiger partial charge on any atom is 0 e. The third-order valence-electron chi connectivity index (χ3n) is 2.27. The number of hydrogen-bond donors (Lipinski definition) is 0. The maximum atomic E-state index is 2.16. The summed E-state index contributed by atoms with van der Waals surface area (Å²) in [5.74, 6) is 1.28. The SMILES string of the molecule is C[C-]1C=CC=C(c2ccccc2)C=C1.[W]. The molecule has 0 bridgehead atoms. The molecule has 0 unspecified atom stereocenters. The van der Waals surface area contributed by atoms with Crippen LogP contribution in [0.3, 0.4) is 0 Å². The van der Waals surface area contributed by atoms with E-state index in [-0.39, 0.29) is 21.1 Å². The molecular formula is C14H13W-. The Morgan fingerprint density at radius 3 is 2.47 bits per heavy atom. The van der Waals surface area contributed by atoms with Crippen molar-refractivity contribution in [2.75, 3.05) is 0 Å². The van der Waals surface area contributed by atoms with Crippen molar-refractivity contribution in [1.82, 2.24) is 0 Å². The summed E-state index contributed by atoms with van der Waals surface area (Å²) in [6.07, 6.45) is 10.7. The van der Waals surface area contributed by atoms with Gasteiger partial charge >= 0.3 is 0 Å². The molecule has 0 amide bonds. The van der Waals surface area contributed by atoms with Gasteiger partial charge in [0.25, 0.3) is 0 Å². The predicted molar refractivity (Wildman–Crippen MR) is 61.6 cm³/mol. The molecule has 0 radical (unpaired) electrons. The molecule has 0 saturated heterocycles. The molecule has 0 spiro atoms. The zero-order valence-electron chi connectivity index (χ0n) is 8.68. The summed E-state index contributed by atoms with van der Waals surface area (Å²) >= 11 is 0. The van der Waals surface area contributed by atoms with E-state index >= 15 is 0 Å². The summed E-state index contributed by atoms with van der Waals surface area (Å²) in [4.78, 5) is 0. The zero-order chi connectivity index (χ0) is 9.80. The van der Waals surface area contributed by atoms with Crippen LogP contribution in [0.15, 0.2) is 60.7 Å². The minimum Gasteiger partial charge on any atom is -0.169 e. The van der Waals surface area contributed by atoms with Crippen molar-refractivity contribution < 1.29 is 21.1 Å². The van der Waals surface area contributed by atoms with Gasteiger partial charge in [0.05, 0.1) is 0 Å². The van der Waals surface area contributed by atoms with Gasteiger partial charge in [-0.15, -0.1) is 6.08 Å². The van der Waals surface area contributed by atoms with Crippen molar-refractivity contribution >= 4 is 5.57 Å². The second-order valence-electron chi connectivity index (χ2n) is 3.42. The van der Waals surface area contributed by atoms with Gasteiger partial charge in [0, 0.05) is 21.1 Å². The van der Waals surface area contributed by atoms with Crippen molar-refractivity contribution in [2.24, 2.45) is 0 Å². The Morgan fingerprint density at radius 1 is 1.00 bits per heavy atom. The van der Waals surface area contributed by atoms with Crippen molar-refractivity contribution in [2.45, 2.75) is 6.92 Å². The minimum absolute atomic E-state index is 0. The van der Waals surface area contributed by atoms with Crippen LogP contribution in [-0.2, 0) is 21.1 Å². The van der Waals surface area contributed by atoms with Gasteiger partial charge in [-0.25, -0.2) is 0 Å². The van der Waals surface area contributed by atoms with Gasteiger partial charge in [-0.05, 0) is 5.56 Å². The molecule has 0 atom stereocenters. The third kappa shape index (κ3) is 3.25. The molecule has 2 rings (SSSR count). The minimum atomic E-state index is 0. The summed E-state index contributed by atoms with van der Waals surface area (Å²) in [6, 6.07) is 10.4. The van der Waals surface area contributed by atoms with Gasteiger partial charge in [0.15, 0.2) is 0 Å². The molecule has 0 aliphatic heterocycles. The average Bonchev–Trinajstić information content (AvgIpc) is 2.44. The molecule has 1 aromatic rings. The van der Waals surface area contributed by atoms with E-state index in [0.717, 1.165) is 0 Å². The molecule has 1 aliphatic rings. The van der Waals surface area contributed by atoms with Gasteiger partial charge in [-0.2, -0.15) is 30.2 Å². The normalized spacial score (nSPS) is 14.2. The van der Waals surface area contributed by atoms with E-state index in [2.05, 4.69) is 61.6 Å². The Hall–Kier alpha value is -1.00. The Kier molecular flexibility index (Phi) is 4.65. The Morgan fingerprint density at radius 2 is 1.73 bits per heavy atom. The first-order chi connectivity index (χ1) is 6.86. The standard InChI is InChI=1S/C14H13.W/c1-12-6-5-9-14(11-10-12)13-7-3-2-4-8-13;/h2-11H,1H3;/q-1;. The van der Waals surface area contributed by atoms with E-state index in [9.17, 15) is 0 Å². The van der Waals surface area contributed by atoms with Gasteiger partial charge in [-0.1, -0.05) is 42.8 Å². The van der Waals surface area contributed by atoms with E-state index in [1.165, 1.54) is 17.1 Å². The first-order valence-electron chi connectivity index (χ1n) is 4.82. The molecule has 1 heteroatoms. The average molecular weight is 365 g/mol. The molecule has 1 aromatic carbocycles. The largest absolute Gasteiger partial charge is 0.169 e. The molecular weight excluding hydrogens is 352 g/mol. The monoisotopic (exact) mass is 365 g/mol. The molecule has 76 valence electrons. The summed E-state index contributed by atoms with van der Waals surface area (Å²) in [7, 11) is 0. The predicted octanol–water partition coefficient (Wildman–Crippen LogP) is 3.79. The maximum absolute atomic E-state index is 2.16. The fraction of sp³-hybridized carbons (Fsp3) is 0.0714. The molecule has 0 nitrogen and oxygen atoms in total. The summed E-state index contributed by atoms with van der Waals surface area (Å²) < 4.78 is 0. The second-order valence-corrected chi connectivity index (χ2v) is 3.42. The van der Waals surface area contributed by atoms with Crippen molar-refractivity contribution in [3.05, 3.63) is 72.2 Å². The molecule has 0 saturated carbocycles. The van der Waals surface area contributed by atoms with E-state index < -0.39 is 0 Å². The van der Waals surface area contributed by atoms with Gasteiger partial charge in [0.2, 0.25) is 0 Å². The van der Waals surface area contributed by atoms with Gasteiger partial charge in [0.1, 0.15) is 0 Å². The fourth-order valence-electron chi connectivity index (χ4n) is 1.46. The summed E-state index contributed by atoms with van der Waals surface area (Å²) in [5.41, 5.74) is 2.53. The molecule has 0 heterocycles. The molecule has 0 N–H and O–H groups in total. The van der Waals surface area contributed by atoms with Crippen LogP contribution in [0.25, 0.3) is 5.57 Å². The van der Waals surface area contributed by atoms with E-state index in [0.29, 0.717) is 0 Å². The Balaban J connectivity index is 0.00000112. The molecule has 15 heavy (non-hydrogen) atoms. The van der Waals surface area contributed by atoms with Crippen LogP contribution in [0.1, 0.15) is 12.5 Å². The van der Waals surface area contributed by atoms with E-state index in [1.807, 2.05) is 6.07 Å². The Labute approximate surface area is 106 Å². The zero-order valence-corrected chi connectivity index (χ0v) is 11.6. The smallest absolute Gasteiger partial charge is 0 e. The third-order valence-corrected chi connectivity index (χ3v) is 2.27. The molecule has 0 aromatic heterocycles. The second kappa shape index (κ2) is 5.78. The fourth-order valence-corrected chi connectivity index (χ4v) is 1.46. The number of rotatable bonds is 1. The Bertz CT molecular complexity index is 385. The van der Waals surface area contributed by atoms with Crippen LogP contribution >= 0.6 is 0 Å². The van der Waals surface area contributed by atoms with Crippen molar-refractivity contribution in [1.29, 1.82) is 0 Å². The van der Waals surface area contributed by atoms with E-state index in [1.54, 1.807) is 0 Å². The number of benzene rings is 1. The van der Waals surface area contributed by atoms with E-state index in [4.69, 9.17) is 0 Å². The van der Waals surface area contributed by atoms with Crippen LogP contribution in [0.5, 0.6) is 0 Å². The molecule has 1 aliphatic carbocycles. The van der Waals surface area contributed by atoms with Crippen LogP contribution in [0.4, 0.5) is 0 Å². The van der Waals surface area contributed by atoms with Crippen molar-refractivity contribution in [3.8, 4) is 0 Å². The summed E-state index contributed by atoms with van der Waals surface area (Å²) in [5, 5.41) is 0.